The molecule has 0 fully saturated rings. The first-order chi connectivity index (χ1) is 13.3. The molecule has 3 aromatic carbocycles. The predicted octanol–water partition coefficient (Wildman–Crippen LogP) is 4.12. The SMILES string of the molecule is Cc1ccc(CC(=O)Nc2ccc(S(=O)(=O)Nc3ccccc3F)cc2)cc1. The average molecular weight is 398 g/mol. The van der Waals surface area contributed by atoms with Gasteiger partial charge in [-0.1, -0.05) is 42.0 Å². The van der Waals surface area contributed by atoms with Crippen LogP contribution < -0.4 is 10.0 Å². The molecule has 0 unspecified atom stereocenters. The van der Waals surface area contributed by atoms with E-state index in [9.17, 15) is 17.6 Å². The lowest BCUT2D eigenvalue weighted by Crippen LogP contribution is -2.15. The number of halogens is 1. The Hall–Kier alpha value is -3.19. The number of para-hydroxylation sites is 1. The Bertz CT molecular complexity index is 1080. The first-order valence-corrected chi connectivity index (χ1v) is 10.0. The molecule has 0 saturated carbocycles. The highest BCUT2D eigenvalue weighted by atomic mass is 32.2. The van der Waals surface area contributed by atoms with E-state index in [2.05, 4.69) is 10.0 Å². The Kier molecular flexibility index (Phi) is 5.75. The molecule has 3 rings (SSSR count). The van der Waals surface area contributed by atoms with Gasteiger partial charge in [0, 0.05) is 5.69 Å². The van der Waals surface area contributed by atoms with E-state index < -0.39 is 15.8 Å². The zero-order valence-electron chi connectivity index (χ0n) is 15.1. The molecular formula is C21H19FN2O3S. The number of benzene rings is 3. The van der Waals surface area contributed by atoms with Gasteiger partial charge in [0.15, 0.2) is 0 Å². The van der Waals surface area contributed by atoms with Gasteiger partial charge in [-0.15, -0.1) is 0 Å². The average Bonchev–Trinajstić information content (AvgIpc) is 2.66. The van der Waals surface area contributed by atoms with Crippen LogP contribution in [0.5, 0.6) is 0 Å². The van der Waals surface area contributed by atoms with E-state index in [1.165, 1.54) is 48.5 Å². The summed E-state index contributed by atoms with van der Waals surface area (Å²) in [7, 11) is -3.94. The molecule has 28 heavy (non-hydrogen) atoms. The second kappa shape index (κ2) is 8.22. The number of hydrogen-bond donors (Lipinski definition) is 2. The summed E-state index contributed by atoms with van der Waals surface area (Å²) >= 11 is 0. The van der Waals surface area contributed by atoms with E-state index in [0.29, 0.717) is 5.69 Å². The van der Waals surface area contributed by atoms with Crippen molar-refractivity contribution in [3.63, 3.8) is 0 Å². The first-order valence-electron chi connectivity index (χ1n) is 8.56. The zero-order valence-corrected chi connectivity index (χ0v) is 16.0. The normalized spacial score (nSPS) is 11.1. The van der Waals surface area contributed by atoms with E-state index in [0.717, 1.165) is 11.1 Å². The zero-order chi connectivity index (χ0) is 20.1. The molecule has 0 atom stereocenters. The minimum Gasteiger partial charge on any atom is -0.326 e. The van der Waals surface area contributed by atoms with Gasteiger partial charge in [0.05, 0.1) is 17.0 Å². The standard InChI is InChI=1S/C21H19FN2O3S/c1-15-6-8-16(9-7-15)14-21(25)23-17-10-12-18(13-11-17)28(26,27)24-20-5-3-2-4-19(20)22/h2-13,24H,14H2,1H3,(H,23,25). The van der Waals surface area contributed by atoms with Crippen LogP contribution in [0.25, 0.3) is 0 Å². The van der Waals surface area contributed by atoms with Crippen molar-refractivity contribution in [2.75, 3.05) is 10.0 Å². The lowest BCUT2D eigenvalue weighted by atomic mass is 10.1. The van der Waals surface area contributed by atoms with Gasteiger partial charge >= 0.3 is 0 Å². The summed E-state index contributed by atoms with van der Waals surface area (Å²) in [6, 6.07) is 18.8. The Morgan fingerprint density at radius 2 is 1.57 bits per heavy atom. The molecule has 0 bridgehead atoms. The van der Waals surface area contributed by atoms with Gasteiger partial charge in [0.2, 0.25) is 5.91 Å². The molecule has 0 heterocycles. The quantitative estimate of drug-likeness (QED) is 0.656. The van der Waals surface area contributed by atoms with Gasteiger partial charge in [0.1, 0.15) is 5.82 Å². The van der Waals surface area contributed by atoms with Crippen molar-refractivity contribution in [3.05, 3.63) is 89.7 Å². The van der Waals surface area contributed by atoms with Crippen LogP contribution in [-0.2, 0) is 21.2 Å². The second-order valence-corrected chi connectivity index (χ2v) is 8.00. The minimum absolute atomic E-state index is 0.0349. The Morgan fingerprint density at radius 3 is 2.21 bits per heavy atom. The van der Waals surface area contributed by atoms with Crippen molar-refractivity contribution < 1.29 is 17.6 Å². The summed E-state index contributed by atoms with van der Waals surface area (Å²) in [6.07, 6.45) is 0.217. The van der Waals surface area contributed by atoms with Crippen LogP contribution >= 0.6 is 0 Å². The second-order valence-electron chi connectivity index (χ2n) is 6.32. The maximum Gasteiger partial charge on any atom is 0.261 e. The number of rotatable bonds is 6. The van der Waals surface area contributed by atoms with Crippen molar-refractivity contribution in [1.82, 2.24) is 0 Å². The van der Waals surface area contributed by atoms with Crippen molar-refractivity contribution in [3.8, 4) is 0 Å². The fourth-order valence-electron chi connectivity index (χ4n) is 2.56. The molecule has 1 amide bonds. The molecule has 7 heteroatoms. The molecule has 0 aliphatic heterocycles. The summed E-state index contributed by atoms with van der Waals surface area (Å²) in [6.45, 7) is 1.97. The highest BCUT2D eigenvalue weighted by Gasteiger charge is 2.16. The van der Waals surface area contributed by atoms with Crippen LogP contribution in [0.2, 0.25) is 0 Å². The molecule has 5 nitrogen and oxygen atoms in total. The maximum atomic E-state index is 13.7. The van der Waals surface area contributed by atoms with Gasteiger partial charge in [-0.25, -0.2) is 12.8 Å². The van der Waals surface area contributed by atoms with E-state index in [1.54, 1.807) is 0 Å². The van der Waals surface area contributed by atoms with Gasteiger partial charge < -0.3 is 5.32 Å². The number of carbonyl (C=O) groups excluding carboxylic acids is 1. The summed E-state index contributed by atoms with van der Waals surface area (Å²) in [5.74, 6) is -0.866. The van der Waals surface area contributed by atoms with Gasteiger partial charge in [-0.2, -0.15) is 0 Å². The third-order valence-corrected chi connectivity index (χ3v) is 5.43. The Morgan fingerprint density at radius 1 is 0.929 bits per heavy atom. The lowest BCUT2D eigenvalue weighted by Gasteiger charge is -2.10. The number of aryl methyl sites for hydroxylation is 1. The number of amides is 1. The van der Waals surface area contributed by atoms with E-state index >= 15 is 0 Å². The van der Waals surface area contributed by atoms with Crippen molar-refractivity contribution in [2.45, 2.75) is 18.2 Å². The van der Waals surface area contributed by atoms with Gasteiger partial charge in [-0.3, -0.25) is 9.52 Å². The minimum atomic E-state index is -3.94. The van der Waals surface area contributed by atoms with Crippen LogP contribution in [0, 0.1) is 12.7 Å². The molecule has 3 aromatic rings. The first kappa shape index (κ1) is 19.6. The topological polar surface area (TPSA) is 75.3 Å². The van der Waals surface area contributed by atoms with Crippen molar-refractivity contribution in [2.24, 2.45) is 0 Å². The fraction of sp³-hybridized carbons (Fsp3) is 0.0952. The fourth-order valence-corrected chi connectivity index (χ4v) is 3.63. The molecule has 0 saturated heterocycles. The maximum absolute atomic E-state index is 13.7. The molecule has 0 aromatic heterocycles. The van der Waals surface area contributed by atoms with Crippen LogP contribution in [0.1, 0.15) is 11.1 Å². The number of sulfonamides is 1. The predicted molar refractivity (Wildman–Crippen MR) is 107 cm³/mol. The van der Waals surface area contributed by atoms with Crippen LogP contribution in [0.4, 0.5) is 15.8 Å². The summed E-state index contributed by atoms with van der Waals surface area (Å²) in [4.78, 5) is 12.1. The van der Waals surface area contributed by atoms with Gasteiger partial charge in [-0.05, 0) is 48.9 Å². The highest BCUT2D eigenvalue weighted by Crippen LogP contribution is 2.20. The van der Waals surface area contributed by atoms with Crippen LogP contribution in [-0.4, -0.2) is 14.3 Å². The van der Waals surface area contributed by atoms with Gasteiger partial charge in [0.25, 0.3) is 10.0 Å². The molecule has 0 radical (unpaired) electrons. The number of anilines is 2. The molecule has 2 N–H and O–H groups in total. The third-order valence-electron chi connectivity index (χ3n) is 4.05. The molecule has 0 aliphatic carbocycles. The summed E-state index contributed by atoms with van der Waals surface area (Å²) < 4.78 is 40.7. The smallest absolute Gasteiger partial charge is 0.261 e. The van der Waals surface area contributed by atoms with Crippen LogP contribution in [0.15, 0.2) is 77.7 Å². The van der Waals surface area contributed by atoms with E-state index in [1.807, 2.05) is 31.2 Å². The lowest BCUT2D eigenvalue weighted by molar-refractivity contribution is -0.115. The summed E-state index contributed by atoms with van der Waals surface area (Å²) in [5, 5.41) is 2.73. The van der Waals surface area contributed by atoms with Crippen LogP contribution in [0.3, 0.4) is 0 Å². The number of nitrogens with one attached hydrogen (secondary N) is 2. The molecule has 0 spiro atoms. The Balaban J connectivity index is 1.66. The molecule has 144 valence electrons. The van der Waals surface area contributed by atoms with Crippen molar-refractivity contribution in [1.29, 1.82) is 0 Å². The molecule has 0 aliphatic rings. The summed E-state index contributed by atoms with van der Waals surface area (Å²) in [5.41, 5.74) is 2.35. The largest absolute Gasteiger partial charge is 0.326 e. The van der Waals surface area contributed by atoms with E-state index in [-0.39, 0.29) is 22.9 Å². The van der Waals surface area contributed by atoms with Crippen molar-refractivity contribution >= 4 is 27.3 Å². The number of carbonyl (C=O) groups is 1. The van der Waals surface area contributed by atoms with E-state index in [4.69, 9.17) is 0 Å². The Labute approximate surface area is 163 Å². The molecular weight excluding hydrogens is 379 g/mol. The number of hydrogen-bond acceptors (Lipinski definition) is 3. The monoisotopic (exact) mass is 398 g/mol. The third kappa shape index (κ3) is 4.95. The highest BCUT2D eigenvalue weighted by molar-refractivity contribution is 7.92.